The van der Waals surface area contributed by atoms with Crippen LogP contribution in [-0.2, 0) is 0 Å². The number of rotatable bonds is 6. The lowest BCUT2D eigenvalue weighted by atomic mass is 10.2. The van der Waals surface area contributed by atoms with Gasteiger partial charge in [0.25, 0.3) is 5.56 Å². The Morgan fingerprint density at radius 1 is 1.11 bits per heavy atom. The maximum Gasteiger partial charge on any atom is 0.291 e. The van der Waals surface area contributed by atoms with E-state index in [1.165, 1.54) is 15.9 Å². The molecule has 2 aromatic heterocycles. The average molecular weight is 391 g/mol. The molecule has 0 saturated heterocycles. The van der Waals surface area contributed by atoms with Crippen molar-refractivity contribution < 1.29 is 9.47 Å². The molecule has 0 N–H and O–H groups in total. The summed E-state index contributed by atoms with van der Waals surface area (Å²) in [5, 5.41) is 4.37. The Balaban J connectivity index is 1.65. The minimum absolute atomic E-state index is 0.180. The van der Waals surface area contributed by atoms with Gasteiger partial charge in [-0.15, -0.1) is 5.10 Å². The van der Waals surface area contributed by atoms with Crippen molar-refractivity contribution >= 4 is 22.4 Å². The van der Waals surface area contributed by atoms with Crippen LogP contribution in [0.5, 0.6) is 11.5 Å². The van der Waals surface area contributed by atoms with Gasteiger partial charge in [0.15, 0.2) is 5.82 Å². The predicted octanol–water partition coefficient (Wildman–Crippen LogP) is 2.94. The number of fused-ring (bicyclic) bond motifs is 1. The monoisotopic (exact) mass is 391 g/mol. The first-order valence-electron chi connectivity index (χ1n) is 8.57. The highest BCUT2D eigenvalue weighted by Gasteiger charge is 2.12. The van der Waals surface area contributed by atoms with Crippen molar-refractivity contribution in [2.24, 2.45) is 0 Å². The highest BCUT2D eigenvalue weighted by molar-refractivity contribution is 7.15. The van der Waals surface area contributed by atoms with Crippen LogP contribution in [0.3, 0.4) is 0 Å². The van der Waals surface area contributed by atoms with Gasteiger partial charge in [-0.05, 0) is 48.0 Å². The van der Waals surface area contributed by atoms with E-state index in [0.717, 1.165) is 22.6 Å². The topological polar surface area (TPSA) is 65.7 Å². The van der Waals surface area contributed by atoms with Gasteiger partial charge in [-0.2, -0.15) is 9.50 Å². The number of thiazole rings is 1. The van der Waals surface area contributed by atoms with Crippen molar-refractivity contribution in [2.45, 2.75) is 0 Å². The maximum absolute atomic E-state index is 12.7. The van der Waals surface area contributed by atoms with E-state index in [1.54, 1.807) is 13.2 Å². The first-order chi connectivity index (χ1) is 13.7. The number of nitrogens with zero attached hydrogens (tertiary/aromatic N) is 3. The molecule has 0 amide bonds. The fraction of sp³-hybridized carbons (Fsp3) is 0.0952. The van der Waals surface area contributed by atoms with Gasteiger partial charge < -0.3 is 9.47 Å². The average Bonchev–Trinajstić information content (AvgIpc) is 3.27. The Labute approximate surface area is 165 Å². The Morgan fingerprint density at radius 2 is 1.82 bits per heavy atom. The fourth-order valence-corrected chi connectivity index (χ4v) is 3.57. The molecule has 0 aliphatic rings. The van der Waals surface area contributed by atoms with Crippen molar-refractivity contribution in [3.63, 3.8) is 0 Å². The lowest BCUT2D eigenvalue weighted by molar-refractivity contribution is 0.363. The minimum Gasteiger partial charge on any atom is -0.497 e. The van der Waals surface area contributed by atoms with Gasteiger partial charge in [-0.3, -0.25) is 4.79 Å². The van der Waals surface area contributed by atoms with Crippen LogP contribution in [0, 0.1) is 0 Å². The maximum atomic E-state index is 12.7. The van der Waals surface area contributed by atoms with E-state index in [4.69, 9.17) is 9.47 Å². The molecule has 140 valence electrons. The number of aromatic nitrogens is 3. The van der Waals surface area contributed by atoms with Crippen LogP contribution < -0.4 is 19.6 Å². The van der Waals surface area contributed by atoms with E-state index in [1.807, 2.05) is 54.6 Å². The summed E-state index contributed by atoms with van der Waals surface area (Å²) in [7, 11) is 1.62. The molecular weight excluding hydrogens is 374 g/mol. The zero-order valence-corrected chi connectivity index (χ0v) is 16.0. The highest BCUT2D eigenvalue weighted by Crippen LogP contribution is 2.20. The second-order valence-corrected chi connectivity index (χ2v) is 6.95. The SMILES string of the molecule is C=CCOc1ccc(-c2nc3s/c(=C\c4ccc(OC)cc4)c(=O)n3n2)cc1. The lowest BCUT2D eigenvalue weighted by Gasteiger charge is -2.02. The summed E-state index contributed by atoms with van der Waals surface area (Å²) in [5.74, 6) is 2.02. The molecular formula is C21H17N3O3S. The summed E-state index contributed by atoms with van der Waals surface area (Å²) in [6.07, 6.45) is 3.52. The fourth-order valence-electron chi connectivity index (χ4n) is 2.66. The highest BCUT2D eigenvalue weighted by atomic mass is 32.1. The van der Waals surface area contributed by atoms with Crippen LogP contribution in [0.1, 0.15) is 5.56 Å². The van der Waals surface area contributed by atoms with E-state index in [2.05, 4.69) is 16.7 Å². The van der Waals surface area contributed by atoms with Gasteiger partial charge in [0.1, 0.15) is 18.1 Å². The van der Waals surface area contributed by atoms with Gasteiger partial charge in [0.2, 0.25) is 4.96 Å². The normalized spacial score (nSPS) is 11.7. The number of methoxy groups -OCH3 is 1. The Hall–Kier alpha value is -3.45. The summed E-state index contributed by atoms with van der Waals surface area (Å²) < 4.78 is 12.6. The summed E-state index contributed by atoms with van der Waals surface area (Å²) >= 11 is 1.31. The molecule has 0 atom stereocenters. The second kappa shape index (κ2) is 7.66. The van der Waals surface area contributed by atoms with E-state index in [-0.39, 0.29) is 5.56 Å². The first-order valence-corrected chi connectivity index (χ1v) is 9.39. The lowest BCUT2D eigenvalue weighted by Crippen LogP contribution is -2.23. The first kappa shape index (κ1) is 17.9. The molecule has 0 radical (unpaired) electrons. The number of ether oxygens (including phenoxy) is 2. The summed E-state index contributed by atoms with van der Waals surface area (Å²) in [4.78, 5) is 17.7. The molecule has 2 aromatic carbocycles. The molecule has 2 heterocycles. The van der Waals surface area contributed by atoms with Gasteiger partial charge >= 0.3 is 0 Å². The second-order valence-electron chi connectivity index (χ2n) is 5.94. The molecule has 28 heavy (non-hydrogen) atoms. The Kier molecular flexibility index (Phi) is 4.90. The largest absolute Gasteiger partial charge is 0.497 e. The molecule has 4 rings (SSSR count). The summed E-state index contributed by atoms with van der Waals surface area (Å²) in [6.45, 7) is 4.07. The smallest absolute Gasteiger partial charge is 0.291 e. The van der Waals surface area contributed by atoms with Crippen LogP contribution in [-0.4, -0.2) is 28.3 Å². The minimum atomic E-state index is -0.180. The molecule has 0 unspecified atom stereocenters. The molecule has 0 bridgehead atoms. The number of hydrogen-bond acceptors (Lipinski definition) is 6. The third kappa shape index (κ3) is 3.52. The van der Waals surface area contributed by atoms with E-state index in [9.17, 15) is 4.79 Å². The van der Waals surface area contributed by atoms with Crippen LogP contribution in [0.25, 0.3) is 22.4 Å². The molecule has 0 fully saturated rings. The summed E-state index contributed by atoms with van der Waals surface area (Å²) in [6, 6.07) is 14.9. The molecule has 0 aliphatic heterocycles. The van der Waals surface area contributed by atoms with Crippen molar-refractivity contribution in [2.75, 3.05) is 13.7 Å². The Morgan fingerprint density at radius 3 is 2.46 bits per heavy atom. The molecule has 6 nitrogen and oxygen atoms in total. The van der Waals surface area contributed by atoms with E-state index in [0.29, 0.717) is 21.9 Å². The van der Waals surface area contributed by atoms with Gasteiger partial charge in [-0.25, -0.2) is 0 Å². The molecule has 7 heteroatoms. The predicted molar refractivity (Wildman–Crippen MR) is 110 cm³/mol. The van der Waals surface area contributed by atoms with Crippen LogP contribution in [0.2, 0.25) is 0 Å². The van der Waals surface area contributed by atoms with Crippen molar-refractivity contribution in [1.29, 1.82) is 0 Å². The number of benzene rings is 2. The third-order valence-electron chi connectivity index (χ3n) is 4.08. The zero-order valence-electron chi connectivity index (χ0n) is 15.2. The van der Waals surface area contributed by atoms with Gasteiger partial charge in [-0.1, -0.05) is 36.1 Å². The van der Waals surface area contributed by atoms with Crippen molar-refractivity contribution in [3.05, 3.63) is 81.6 Å². The third-order valence-corrected chi connectivity index (χ3v) is 5.03. The molecule has 0 aliphatic carbocycles. The van der Waals surface area contributed by atoms with E-state index < -0.39 is 0 Å². The van der Waals surface area contributed by atoms with Crippen LogP contribution in [0.4, 0.5) is 0 Å². The number of hydrogen-bond donors (Lipinski definition) is 0. The van der Waals surface area contributed by atoms with Gasteiger partial charge in [0, 0.05) is 5.56 Å². The molecule has 0 saturated carbocycles. The van der Waals surface area contributed by atoms with Crippen LogP contribution >= 0.6 is 11.3 Å². The standard InChI is InChI=1S/C21H17N3O3S/c1-3-12-27-17-10-6-15(7-11-17)19-22-21-24(23-19)20(25)18(28-21)13-14-4-8-16(26-2)9-5-14/h3-11,13H,1,12H2,2H3/b18-13-. The quantitative estimate of drug-likeness (QED) is 0.473. The molecule has 4 aromatic rings. The summed E-state index contributed by atoms with van der Waals surface area (Å²) in [5.41, 5.74) is 1.56. The van der Waals surface area contributed by atoms with E-state index >= 15 is 0 Å². The Bertz CT molecular complexity index is 1230. The van der Waals surface area contributed by atoms with Crippen molar-refractivity contribution in [1.82, 2.24) is 14.6 Å². The van der Waals surface area contributed by atoms with Gasteiger partial charge in [0.05, 0.1) is 11.6 Å². The zero-order chi connectivity index (χ0) is 19.5. The molecule has 0 spiro atoms. The van der Waals surface area contributed by atoms with Crippen molar-refractivity contribution in [3.8, 4) is 22.9 Å². The van der Waals surface area contributed by atoms with Crippen LogP contribution in [0.15, 0.2) is 66.0 Å².